The number of nitrogens with one attached hydrogen (secondary N) is 1. The van der Waals surface area contributed by atoms with Crippen molar-refractivity contribution in [1.29, 1.82) is 0 Å². The fourth-order valence-electron chi connectivity index (χ4n) is 1.57. The minimum atomic E-state index is -2.51. The van der Waals surface area contributed by atoms with Gasteiger partial charge in [-0.2, -0.15) is 0 Å². The predicted octanol–water partition coefficient (Wildman–Crippen LogP) is 0.482. The van der Waals surface area contributed by atoms with Crippen LogP contribution in [0.1, 0.15) is 0 Å². The van der Waals surface area contributed by atoms with Gasteiger partial charge in [0.25, 0.3) is 5.56 Å². The molecule has 1 heterocycles. The van der Waals surface area contributed by atoms with Gasteiger partial charge in [-0.1, -0.05) is 18.2 Å². The van der Waals surface area contributed by atoms with Crippen LogP contribution >= 0.6 is 0 Å². The van der Waals surface area contributed by atoms with Crippen molar-refractivity contribution in [1.82, 2.24) is 9.29 Å². The summed E-state index contributed by atoms with van der Waals surface area (Å²) in [7, 11) is 0. The molecule has 0 bridgehead atoms. The van der Waals surface area contributed by atoms with Crippen molar-refractivity contribution in [3.8, 4) is 0 Å². The SMILES string of the molecule is O=c1c(F)cc2ccccc2n1CNS(=O)[O-]. The maximum Gasteiger partial charge on any atom is 0.288 e. The van der Waals surface area contributed by atoms with Crippen LogP contribution in [0, 0.1) is 5.82 Å². The lowest BCUT2D eigenvalue weighted by Gasteiger charge is -2.12. The number of para-hydroxylation sites is 1. The van der Waals surface area contributed by atoms with Crippen molar-refractivity contribution >= 4 is 22.2 Å². The third-order valence-electron chi connectivity index (χ3n) is 2.30. The van der Waals surface area contributed by atoms with E-state index in [0.717, 1.165) is 10.6 Å². The molecule has 2 aromatic rings. The van der Waals surface area contributed by atoms with Gasteiger partial charge in [0.05, 0.1) is 12.2 Å². The molecule has 1 unspecified atom stereocenters. The fourth-order valence-corrected chi connectivity index (χ4v) is 1.80. The van der Waals surface area contributed by atoms with Gasteiger partial charge in [-0.25, -0.2) is 9.11 Å². The molecule has 0 amide bonds. The smallest absolute Gasteiger partial charge is 0.288 e. The van der Waals surface area contributed by atoms with E-state index in [0.29, 0.717) is 10.9 Å². The largest absolute Gasteiger partial charge is 0.760 e. The lowest BCUT2D eigenvalue weighted by molar-refractivity contribution is 0.505. The van der Waals surface area contributed by atoms with E-state index >= 15 is 0 Å². The maximum atomic E-state index is 13.3. The van der Waals surface area contributed by atoms with Crippen molar-refractivity contribution in [2.75, 3.05) is 0 Å². The standard InChI is InChI=1S/C10H9FN2O3S/c11-8-5-7-3-1-2-4-9(7)13(10(8)14)6-12-17(15)16/h1-5,12H,6H2,(H,15,16)/p-1. The molecule has 0 aliphatic rings. The summed E-state index contributed by atoms with van der Waals surface area (Å²) >= 11 is -2.51. The van der Waals surface area contributed by atoms with Crippen LogP contribution in [0.25, 0.3) is 10.9 Å². The van der Waals surface area contributed by atoms with Gasteiger partial charge in [-0.3, -0.25) is 13.6 Å². The molecule has 5 nitrogen and oxygen atoms in total. The van der Waals surface area contributed by atoms with Gasteiger partial charge >= 0.3 is 0 Å². The average molecular weight is 255 g/mol. The van der Waals surface area contributed by atoms with Crippen LogP contribution in [0.4, 0.5) is 4.39 Å². The normalized spacial score (nSPS) is 12.8. The first kappa shape index (κ1) is 11.9. The van der Waals surface area contributed by atoms with Gasteiger partial charge in [-0.15, -0.1) is 0 Å². The fraction of sp³-hybridized carbons (Fsp3) is 0.100. The summed E-state index contributed by atoms with van der Waals surface area (Å²) in [5, 5.41) is 0.531. The summed E-state index contributed by atoms with van der Waals surface area (Å²) in [5.74, 6) is -0.915. The first-order valence-corrected chi connectivity index (χ1v) is 5.78. The highest BCUT2D eigenvalue weighted by atomic mass is 32.2. The molecule has 90 valence electrons. The number of hydrogen-bond donors (Lipinski definition) is 1. The van der Waals surface area contributed by atoms with E-state index < -0.39 is 22.6 Å². The summed E-state index contributed by atoms with van der Waals surface area (Å²) in [6.07, 6.45) is 0. The Balaban J connectivity index is 2.61. The third kappa shape index (κ3) is 2.41. The number of halogens is 1. The van der Waals surface area contributed by atoms with E-state index in [1.54, 1.807) is 24.3 Å². The van der Waals surface area contributed by atoms with Crippen molar-refractivity contribution in [3.63, 3.8) is 0 Å². The highest BCUT2D eigenvalue weighted by Crippen LogP contribution is 2.12. The van der Waals surface area contributed by atoms with E-state index in [1.807, 2.05) is 4.72 Å². The topological polar surface area (TPSA) is 74.2 Å². The Morgan fingerprint density at radius 2 is 2.12 bits per heavy atom. The molecule has 1 N–H and O–H groups in total. The molecular weight excluding hydrogens is 247 g/mol. The summed E-state index contributed by atoms with van der Waals surface area (Å²) in [6.45, 7) is -0.298. The Morgan fingerprint density at radius 1 is 1.41 bits per heavy atom. The van der Waals surface area contributed by atoms with Crippen LogP contribution in [0.15, 0.2) is 35.1 Å². The number of benzene rings is 1. The molecule has 0 aliphatic heterocycles. The third-order valence-corrected chi connectivity index (χ3v) is 2.66. The van der Waals surface area contributed by atoms with E-state index in [9.17, 15) is 17.9 Å². The Labute approximate surface area is 98.3 Å². The average Bonchev–Trinajstić information content (AvgIpc) is 2.29. The minimum absolute atomic E-state index is 0.298. The lowest BCUT2D eigenvalue weighted by atomic mass is 10.2. The summed E-state index contributed by atoms with van der Waals surface area (Å²) in [6, 6.07) is 7.77. The van der Waals surface area contributed by atoms with Crippen molar-refractivity contribution in [3.05, 3.63) is 46.5 Å². The lowest BCUT2D eigenvalue weighted by Crippen LogP contribution is -2.30. The number of nitrogens with zero attached hydrogens (tertiary/aromatic N) is 1. The van der Waals surface area contributed by atoms with Crippen LogP contribution in [-0.4, -0.2) is 13.3 Å². The molecule has 1 atom stereocenters. The van der Waals surface area contributed by atoms with Gasteiger partial charge in [0.15, 0.2) is 5.82 Å². The van der Waals surface area contributed by atoms with Gasteiger partial charge in [-0.05, 0) is 12.1 Å². The first-order chi connectivity index (χ1) is 8.09. The second-order valence-electron chi connectivity index (χ2n) is 3.32. The second-order valence-corrected chi connectivity index (χ2v) is 4.08. The molecule has 0 spiro atoms. The molecule has 0 radical (unpaired) electrons. The van der Waals surface area contributed by atoms with Crippen molar-refractivity contribution < 1.29 is 13.2 Å². The zero-order valence-corrected chi connectivity index (χ0v) is 9.37. The molecule has 2 rings (SSSR count). The molecular formula is C10H8FN2O3S-. The number of aromatic nitrogens is 1. The van der Waals surface area contributed by atoms with Gasteiger partial charge in [0, 0.05) is 16.7 Å². The highest BCUT2D eigenvalue weighted by molar-refractivity contribution is 7.77. The molecule has 7 heteroatoms. The number of hydrogen-bond acceptors (Lipinski definition) is 3. The molecule has 1 aromatic carbocycles. The Morgan fingerprint density at radius 3 is 2.82 bits per heavy atom. The van der Waals surface area contributed by atoms with Gasteiger partial charge < -0.3 is 4.55 Å². The van der Waals surface area contributed by atoms with Crippen LogP contribution in [-0.2, 0) is 17.9 Å². The summed E-state index contributed by atoms with van der Waals surface area (Å²) < 4.78 is 37.2. The molecule has 0 saturated carbocycles. The van der Waals surface area contributed by atoms with Crippen LogP contribution in [0.5, 0.6) is 0 Å². The van der Waals surface area contributed by atoms with Crippen LogP contribution in [0.2, 0.25) is 0 Å². The number of pyridine rings is 1. The summed E-state index contributed by atoms with van der Waals surface area (Å²) in [4.78, 5) is 11.5. The quantitative estimate of drug-likeness (QED) is 0.811. The Hall–Kier alpha value is -1.57. The molecule has 0 saturated heterocycles. The monoisotopic (exact) mass is 255 g/mol. The van der Waals surface area contributed by atoms with E-state index in [4.69, 9.17) is 0 Å². The Bertz CT molecular complexity index is 641. The molecule has 1 aromatic heterocycles. The van der Waals surface area contributed by atoms with Crippen molar-refractivity contribution in [2.45, 2.75) is 6.67 Å². The zero-order valence-electron chi connectivity index (χ0n) is 8.55. The van der Waals surface area contributed by atoms with Crippen LogP contribution < -0.4 is 10.3 Å². The van der Waals surface area contributed by atoms with Gasteiger partial charge in [0.1, 0.15) is 0 Å². The summed E-state index contributed by atoms with van der Waals surface area (Å²) in [5.41, 5.74) is -0.390. The number of fused-ring (bicyclic) bond motifs is 1. The van der Waals surface area contributed by atoms with E-state index in [2.05, 4.69) is 0 Å². The minimum Gasteiger partial charge on any atom is -0.760 e. The number of rotatable bonds is 3. The molecule has 0 aliphatic carbocycles. The zero-order chi connectivity index (χ0) is 12.4. The Kier molecular flexibility index (Phi) is 3.32. The maximum absolute atomic E-state index is 13.3. The van der Waals surface area contributed by atoms with E-state index in [-0.39, 0.29) is 6.67 Å². The highest BCUT2D eigenvalue weighted by Gasteiger charge is 2.07. The second kappa shape index (κ2) is 4.74. The van der Waals surface area contributed by atoms with Crippen molar-refractivity contribution in [2.24, 2.45) is 0 Å². The van der Waals surface area contributed by atoms with E-state index in [1.165, 1.54) is 0 Å². The molecule has 17 heavy (non-hydrogen) atoms. The molecule has 0 fully saturated rings. The first-order valence-electron chi connectivity index (χ1n) is 4.70. The van der Waals surface area contributed by atoms with Gasteiger partial charge in [0.2, 0.25) is 0 Å². The van der Waals surface area contributed by atoms with Crippen LogP contribution in [0.3, 0.4) is 0 Å². The predicted molar refractivity (Wildman–Crippen MR) is 60.2 cm³/mol.